The van der Waals surface area contributed by atoms with Gasteiger partial charge in [-0.3, -0.25) is 9.69 Å². The number of nitrogens with one attached hydrogen (secondary N) is 1. The Morgan fingerprint density at radius 1 is 1.25 bits per heavy atom. The van der Waals surface area contributed by atoms with Gasteiger partial charge in [-0.05, 0) is 69.1 Å². The molecule has 1 aromatic heterocycles. The summed E-state index contributed by atoms with van der Waals surface area (Å²) in [7, 11) is 0. The van der Waals surface area contributed by atoms with Crippen LogP contribution in [0.25, 0.3) is 11.1 Å². The number of carbonyl (C=O) groups is 1. The molecule has 6 nitrogen and oxygen atoms in total. The van der Waals surface area contributed by atoms with E-state index in [-0.39, 0.29) is 17.8 Å². The summed E-state index contributed by atoms with van der Waals surface area (Å²) in [4.78, 5) is 19.8. The highest BCUT2D eigenvalue weighted by Crippen LogP contribution is 2.59. The van der Waals surface area contributed by atoms with Crippen LogP contribution in [0.3, 0.4) is 0 Å². The molecule has 1 saturated heterocycles. The maximum atomic E-state index is 12.9. The molecule has 5 rings (SSSR count). The first kappa shape index (κ1) is 20.2. The molecule has 0 radical (unpaired) electrons. The minimum absolute atomic E-state index is 0.0620. The van der Waals surface area contributed by atoms with Gasteiger partial charge in [-0.25, -0.2) is 4.98 Å². The van der Waals surface area contributed by atoms with Gasteiger partial charge < -0.3 is 16.2 Å². The number of fused-ring (bicyclic) bond motifs is 1. The van der Waals surface area contributed by atoms with Gasteiger partial charge in [0.2, 0.25) is 0 Å². The summed E-state index contributed by atoms with van der Waals surface area (Å²) in [6.07, 6.45) is 3.50. The van der Waals surface area contributed by atoms with Crippen LogP contribution in [0.5, 0.6) is 0 Å². The fraction of sp³-hybridized carbons (Fsp3) is 0.538. The van der Waals surface area contributed by atoms with Gasteiger partial charge in [-0.15, -0.1) is 0 Å². The van der Waals surface area contributed by atoms with E-state index in [9.17, 15) is 9.90 Å². The number of anilines is 1. The lowest BCUT2D eigenvalue weighted by Crippen LogP contribution is -2.38. The maximum Gasteiger partial charge on any atom is 0.255 e. The molecule has 2 heterocycles. The van der Waals surface area contributed by atoms with E-state index in [1.807, 2.05) is 6.07 Å². The lowest BCUT2D eigenvalue weighted by Gasteiger charge is -2.26. The van der Waals surface area contributed by atoms with Crippen LogP contribution in [-0.2, 0) is 5.41 Å². The summed E-state index contributed by atoms with van der Waals surface area (Å²) in [6.45, 7) is 6.88. The monoisotopic (exact) mass is 435 g/mol. The number of piperidine rings is 1. The van der Waals surface area contributed by atoms with Gasteiger partial charge in [-0.2, -0.15) is 0 Å². The van der Waals surface area contributed by atoms with Crippen molar-refractivity contribution in [1.29, 1.82) is 0 Å². The predicted molar refractivity (Wildman–Crippen MR) is 126 cm³/mol. The highest BCUT2D eigenvalue weighted by molar-refractivity contribution is 5.99. The van der Waals surface area contributed by atoms with E-state index in [4.69, 9.17) is 7.10 Å². The number of nitrogen functional groups attached to an aromatic ring is 1. The SMILES string of the molecule is [2H]C1(O)CCC(NC(=O)c2cc(-c3ccc(C45CC4CN(C(C)C)C5)cc3)cnc2N)CC1. The maximum absolute atomic E-state index is 12.9. The summed E-state index contributed by atoms with van der Waals surface area (Å²) >= 11 is 0. The van der Waals surface area contributed by atoms with Crippen LogP contribution >= 0.6 is 0 Å². The van der Waals surface area contributed by atoms with E-state index in [0.717, 1.165) is 23.6 Å². The van der Waals surface area contributed by atoms with E-state index in [1.54, 1.807) is 6.20 Å². The number of likely N-dealkylation sites (tertiary alicyclic amines) is 1. The van der Waals surface area contributed by atoms with Crippen molar-refractivity contribution in [3.05, 3.63) is 47.7 Å². The third-order valence-corrected chi connectivity index (χ3v) is 7.76. The highest BCUT2D eigenvalue weighted by atomic mass is 16.3. The Kier molecular flexibility index (Phi) is 5.15. The van der Waals surface area contributed by atoms with Crippen molar-refractivity contribution in [2.24, 2.45) is 5.92 Å². The van der Waals surface area contributed by atoms with Crippen LogP contribution in [0.4, 0.5) is 5.82 Å². The topological polar surface area (TPSA) is 91.5 Å². The zero-order valence-corrected chi connectivity index (χ0v) is 19.0. The van der Waals surface area contributed by atoms with Gasteiger partial charge in [-0.1, -0.05) is 24.3 Å². The third-order valence-electron chi connectivity index (χ3n) is 7.76. The van der Waals surface area contributed by atoms with Gasteiger partial charge in [0, 0.05) is 42.3 Å². The average molecular weight is 436 g/mol. The Morgan fingerprint density at radius 3 is 2.62 bits per heavy atom. The summed E-state index contributed by atoms with van der Waals surface area (Å²) < 4.78 is 7.74. The largest absolute Gasteiger partial charge is 0.393 e. The second-order valence-corrected chi connectivity index (χ2v) is 10.1. The van der Waals surface area contributed by atoms with Crippen molar-refractivity contribution in [2.75, 3.05) is 18.8 Å². The van der Waals surface area contributed by atoms with Crippen LogP contribution in [-0.4, -0.2) is 52.2 Å². The Balaban J connectivity index is 1.30. The van der Waals surface area contributed by atoms with Gasteiger partial charge in [0.15, 0.2) is 0 Å². The van der Waals surface area contributed by atoms with Crippen LogP contribution in [0.1, 0.15) is 63.2 Å². The van der Waals surface area contributed by atoms with E-state index in [2.05, 4.69) is 53.3 Å². The number of nitrogens with zero attached hydrogens (tertiary/aromatic N) is 2. The summed E-state index contributed by atoms with van der Waals surface area (Å²) in [5.74, 6) is 0.725. The zero-order chi connectivity index (χ0) is 23.4. The molecule has 2 atom stereocenters. The number of carbonyl (C=O) groups excluding carboxylic acids is 1. The fourth-order valence-electron chi connectivity index (χ4n) is 5.53. The molecule has 2 aliphatic carbocycles. The summed E-state index contributed by atoms with van der Waals surface area (Å²) in [5, 5.41) is 12.8. The quantitative estimate of drug-likeness (QED) is 0.670. The second-order valence-electron chi connectivity index (χ2n) is 10.1. The molecule has 1 amide bonds. The van der Waals surface area contributed by atoms with E-state index in [0.29, 0.717) is 42.7 Å². The van der Waals surface area contributed by atoms with Crippen molar-refractivity contribution >= 4 is 11.7 Å². The van der Waals surface area contributed by atoms with Gasteiger partial charge >= 0.3 is 0 Å². The molecule has 4 N–H and O–H groups in total. The van der Waals surface area contributed by atoms with Gasteiger partial charge in [0.25, 0.3) is 5.91 Å². The normalized spacial score (nSPS) is 32.4. The summed E-state index contributed by atoms with van der Waals surface area (Å²) in [6, 6.07) is 11.1. The first-order chi connectivity index (χ1) is 15.7. The van der Waals surface area contributed by atoms with Crippen molar-refractivity contribution < 1.29 is 11.3 Å². The van der Waals surface area contributed by atoms with Crippen molar-refractivity contribution in [2.45, 2.75) is 69.5 Å². The number of hydrogen-bond acceptors (Lipinski definition) is 5. The first-order valence-electron chi connectivity index (χ1n) is 12.3. The Morgan fingerprint density at radius 2 is 1.97 bits per heavy atom. The van der Waals surface area contributed by atoms with Crippen LogP contribution in [0, 0.1) is 5.92 Å². The number of benzene rings is 1. The molecule has 0 spiro atoms. The number of rotatable bonds is 5. The molecule has 0 bridgehead atoms. The fourth-order valence-corrected chi connectivity index (χ4v) is 5.53. The van der Waals surface area contributed by atoms with Gasteiger partial charge in [0.05, 0.1) is 13.0 Å². The van der Waals surface area contributed by atoms with Crippen molar-refractivity contribution in [3.63, 3.8) is 0 Å². The molecule has 2 saturated carbocycles. The lowest BCUT2D eigenvalue weighted by molar-refractivity contribution is 0.0868. The number of aliphatic hydroxyl groups is 1. The minimum Gasteiger partial charge on any atom is -0.393 e. The number of amides is 1. The van der Waals surface area contributed by atoms with Crippen molar-refractivity contribution in [1.82, 2.24) is 15.2 Å². The average Bonchev–Trinajstić information content (AvgIpc) is 3.36. The van der Waals surface area contributed by atoms with Crippen LogP contribution in [0.2, 0.25) is 0 Å². The van der Waals surface area contributed by atoms with Crippen molar-refractivity contribution in [3.8, 4) is 11.1 Å². The van der Waals surface area contributed by atoms with E-state index in [1.165, 1.54) is 18.5 Å². The number of nitrogens with two attached hydrogens (primary N) is 1. The number of hydrogen-bond donors (Lipinski definition) is 3. The van der Waals surface area contributed by atoms with Gasteiger partial charge in [0.1, 0.15) is 5.82 Å². The molecule has 6 heteroatoms. The standard InChI is InChI=1S/C26H34N4O2/c1-16(2)30-14-20-12-26(20,15-30)19-5-3-17(4-6-19)18-11-23(24(27)28-13-18)25(32)29-21-7-9-22(31)10-8-21/h3-6,11,13,16,20-22,31H,7-10,12,14-15H2,1-2H3,(H2,27,28)(H,29,32)/i22D. The molecule has 32 heavy (non-hydrogen) atoms. The van der Waals surface area contributed by atoms with E-state index < -0.39 is 6.08 Å². The molecule has 2 aromatic rings. The molecule has 2 unspecified atom stereocenters. The first-order valence-corrected chi connectivity index (χ1v) is 11.8. The molecule has 1 aliphatic heterocycles. The van der Waals surface area contributed by atoms with E-state index >= 15 is 0 Å². The van der Waals surface area contributed by atoms with Crippen LogP contribution in [0.15, 0.2) is 36.5 Å². The lowest BCUT2D eigenvalue weighted by atomic mass is 9.92. The number of pyridine rings is 1. The molecule has 1 aromatic carbocycles. The predicted octanol–water partition coefficient (Wildman–Crippen LogP) is 3.35. The molecule has 170 valence electrons. The van der Waals surface area contributed by atoms with Crippen LogP contribution < -0.4 is 11.1 Å². The Labute approximate surface area is 191 Å². The summed E-state index contributed by atoms with van der Waals surface area (Å²) in [5.41, 5.74) is 10.0. The molecule has 3 fully saturated rings. The molecular weight excluding hydrogens is 400 g/mol. The highest BCUT2D eigenvalue weighted by Gasteiger charge is 2.60. The smallest absolute Gasteiger partial charge is 0.255 e. The zero-order valence-electron chi connectivity index (χ0n) is 20.0. The Bertz CT molecular complexity index is 1040. The second kappa shape index (κ2) is 8.16. The Hall–Kier alpha value is -2.44. The number of aromatic nitrogens is 1. The molecular formula is C26H34N4O2. The molecule has 3 aliphatic rings. The third kappa shape index (κ3) is 3.90. The minimum atomic E-state index is -1.38.